The number of carbonyl (C=O) groups is 1. The van der Waals surface area contributed by atoms with Crippen LogP contribution >= 0.6 is 0 Å². The molecule has 2 rings (SSSR count). The molecule has 0 saturated carbocycles. The highest BCUT2D eigenvalue weighted by Crippen LogP contribution is 2.19. The third-order valence-corrected chi connectivity index (χ3v) is 2.12. The molecule has 0 aliphatic carbocycles. The molecule has 88 valence electrons. The fourth-order valence-corrected chi connectivity index (χ4v) is 1.34. The number of hydrogen-bond donors (Lipinski definition) is 3. The quantitative estimate of drug-likeness (QED) is 0.675. The second-order valence-electron chi connectivity index (χ2n) is 3.31. The second-order valence-corrected chi connectivity index (χ2v) is 3.31. The highest BCUT2D eigenvalue weighted by Gasteiger charge is 2.10. The number of anilines is 2. The van der Waals surface area contributed by atoms with E-state index < -0.39 is 5.97 Å². The summed E-state index contributed by atoms with van der Waals surface area (Å²) in [5, 5.41) is 15.5. The van der Waals surface area contributed by atoms with E-state index in [9.17, 15) is 4.79 Å². The minimum atomic E-state index is -1.05. The van der Waals surface area contributed by atoms with Crippen LogP contribution < -0.4 is 11.1 Å². The summed E-state index contributed by atoms with van der Waals surface area (Å²) in [6.45, 7) is 0.278. The molecule has 0 aliphatic heterocycles. The molecule has 17 heavy (non-hydrogen) atoms. The molecule has 0 spiro atoms. The summed E-state index contributed by atoms with van der Waals surface area (Å²) in [5.41, 5.74) is 6.48. The third kappa shape index (κ3) is 2.51. The summed E-state index contributed by atoms with van der Waals surface area (Å²) >= 11 is 0. The van der Waals surface area contributed by atoms with Crippen LogP contribution in [0.15, 0.2) is 29.1 Å². The van der Waals surface area contributed by atoms with Crippen molar-refractivity contribution in [3.8, 4) is 0 Å². The van der Waals surface area contributed by atoms with Crippen LogP contribution in [-0.4, -0.2) is 21.2 Å². The van der Waals surface area contributed by atoms with Gasteiger partial charge in [0.2, 0.25) is 6.39 Å². The highest BCUT2D eigenvalue weighted by molar-refractivity contribution is 5.95. The van der Waals surface area contributed by atoms with Crippen molar-refractivity contribution in [2.75, 3.05) is 11.1 Å². The molecule has 1 aromatic heterocycles. The van der Waals surface area contributed by atoms with Gasteiger partial charge in [-0.2, -0.15) is 4.98 Å². The van der Waals surface area contributed by atoms with Crippen LogP contribution in [0.25, 0.3) is 0 Å². The van der Waals surface area contributed by atoms with Crippen LogP contribution in [0.3, 0.4) is 0 Å². The van der Waals surface area contributed by atoms with E-state index in [-0.39, 0.29) is 12.1 Å². The van der Waals surface area contributed by atoms with Crippen LogP contribution in [0.4, 0.5) is 11.4 Å². The van der Waals surface area contributed by atoms with Gasteiger partial charge in [0.15, 0.2) is 5.82 Å². The maximum Gasteiger partial charge on any atom is 0.337 e. The van der Waals surface area contributed by atoms with Crippen LogP contribution in [0, 0.1) is 0 Å². The summed E-state index contributed by atoms with van der Waals surface area (Å²) in [6.07, 6.45) is 1.21. The first-order valence-corrected chi connectivity index (χ1v) is 4.79. The molecule has 1 heterocycles. The largest absolute Gasteiger partial charge is 0.478 e. The molecule has 0 saturated heterocycles. The van der Waals surface area contributed by atoms with Gasteiger partial charge in [0.05, 0.1) is 12.1 Å². The van der Waals surface area contributed by atoms with Crippen LogP contribution in [0.5, 0.6) is 0 Å². The standard InChI is InChI=1S/C10H10N4O3/c11-6-1-2-8(7(3-6)10(15)16)12-4-9-13-5-17-14-9/h1-3,5,12H,4,11H2,(H,15,16). The van der Waals surface area contributed by atoms with Gasteiger partial charge in [-0.25, -0.2) is 4.79 Å². The smallest absolute Gasteiger partial charge is 0.337 e. The Morgan fingerprint density at radius 1 is 1.53 bits per heavy atom. The third-order valence-electron chi connectivity index (χ3n) is 2.12. The molecule has 4 N–H and O–H groups in total. The Kier molecular flexibility index (Phi) is 2.91. The molecule has 0 unspecified atom stereocenters. The molecule has 0 radical (unpaired) electrons. The fourth-order valence-electron chi connectivity index (χ4n) is 1.34. The Morgan fingerprint density at radius 3 is 3.00 bits per heavy atom. The monoisotopic (exact) mass is 234 g/mol. The molecule has 7 nitrogen and oxygen atoms in total. The number of nitrogen functional groups attached to an aromatic ring is 1. The number of benzene rings is 1. The van der Waals surface area contributed by atoms with E-state index in [1.54, 1.807) is 12.1 Å². The van der Waals surface area contributed by atoms with Gasteiger partial charge in [-0.1, -0.05) is 5.16 Å². The van der Waals surface area contributed by atoms with Gasteiger partial charge >= 0.3 is 5.97 Å². The number of nitrogens with one attached hydrogen (secondary N) is 1. The van der Waals surface area contributed by atoms with E-state index in [1.165, 1.54) is 12.5 Å². The van der Waals surface area contributed by atoms with Gasteiger partial charge in [0.1, 0.15) is 0 Å². The van der Waals surface area contributed by atoms with Crippen molar-refractivity contribution >= 4 is 17.3 Å². The van der Waals surface area contributed by atoms with E-state index in [4.69, 9.17) is 10.8 Å². The molecule has 2 aromatic rings. The first kappa shape index (κ1) is 10.9. The zero-order valence-electron chi connectivity index (χ0n) is 8.75. The lowest BCUT2D eigenvalue weighted by atomic mass is 10.1. The summed E-state index contributed by atoms with van der Waals surface area (Å²) in [6, 6.07) is 4.60. The maximum atomic E-state index is 11.0. The predicted octanol–water partition coefficient (Wildman–Crippen LogP) is 0.962. The molecule has 0 bridgehead atoms. The molecule has 0 atom stereocenters. The summed E-state index contributed by atoms with van der Waals surface area (Å²) in [5.74, 6) is -0.605. The first-order chi connectivity index (χ1) is 8.16. The Hall–Kier alpha value is -2.57. The zero-order valence-corrected chi connectivity index (χ0v) is 8.75. The number of aromatic carboxylic acids is 1. The minimum absolute atomic E-state index is 0.105. The average Bonchev–Trinajstić information content (AvgIpc) is 2.80. The van der Waals surface area contributed by atoms with Crippen molar-refractivity contribution in [1.82, 2.24) is 10.1 Å². The lowest BCUT2D eigenvalue weighted by Gasteiger charge is -2.08. The number of nitrogens with zero attached hydrogens (tertiary/aromatic N) is 2. The van der Waals surface area contributed by atoms with E-state index in [1.807, 2.05) is 0 Å². The zero-order chi connectivity index (χ0) is 12.3. The summed E-state index contributed by atoms with van der Waals surface area (Å²) in [4.78, 5) is 14.8. The molecule has 0 aliphatic rings. The van der Waals surface area contributed by atoms with E-state index in [2.05, 4.69) is 20.0 Å². The van der Waals surface area contributed by atoms with E-state index in [0.29, 0.717) is 17.2 Å². The number of aromatic nitrogens is 2. The Labute approximate surface area is 96.2 Å². The average molecular weight is 234 g/mol. The van der Waals surface area contributed by atoms with Crippen molar-refractivity contribution in [2.45, 2.75) is 6.54 Å². The summed E-state index contributed by atoms with van der Waals surface area (Å²) < 4.78 is 4.56. The van der Waals surface area contributed by atoms with Crippen LogP contribution in [0.2, 0.25) is 0 Å². The van der Waals surface area contributed by atoms with Gasteiger partial charge in [-0.05, 0) is 18.2 Å². The van der Waals surface area contributed by atoms with E-state index >= 15 is 0 Å². The SMILES string of the molecule is Nc1ccc(NCc2ncon2)c(C(=O)O)c1. The topological polar surface area (TPSA) is 114 Å². The first-order valence-electron chi connectivity index (χ1n) is 4.79. The Bertz CT molecular complexity index is 524. The minimum Gasteiger partial charge on any atom is -0.478 e. The van der Waals surface area contributed by atoms with E-state index in [0.717, 1.165) is 0 Å². The Balaban J connectivity index is 2.17. The number of rotatable bonds is 4. The lowest BCUT2D eigenvalue weighted by molar-refractivity contribution is 0.0698. The Morgan fingerprint density at radius 2 is 2.35 bits per heavy atom. The van der Waals surface area contributed by atoms with Gasteiger partial charge in [-0.3, -0.25) is 0 Å². The molecule has 0 fully saturated rings. The van der Waals surface area contributed by atoms with Gasteiger partial charge in [0.25, 0.3) is 0 Å². The number of carboxylic acids is 1. The maximum absolute atomic E-state index is 11.0. The van der Waals surface area contributed by atoms with Crippen molar-refractivity contribution in [1.29, 1.82) is 0 Å². The summed E-state index contributed by atoms with van der Waals surface area (Å²) in [7, 11) is 0. The normalized spacial score (nSPS) is 10.1. The highest BCUT2D eigenvalue weighted by atomic mass is 16.5. The number of carboxylic acid groups (broad SMARTS) is 1. The number of hydrogen-bond acceptors (Lipinski definition) is 6. The van der Waals surface area contributed by atoms with Crippen molar-refractivity contribution in [3.05, 3.63) is 36.0 Å². The molecule has 0 amide bonds. The molecular formula is C10H10N4O3. The van der Waals surface area contributed by atoms with Gasteiger partial charge < -0.3 is 20.7 Å². The molecular weight excluding hydrogens is 224 g/mol. The second kappa shape index (κ2) is 4.52. The molecule has 1 aromatic carbocycles. The van der Waals surface area contributed by atoms with Crippen LogP contribution in [-0.2, 0) is 6.54 Å². The van der Waals surface area contributed by atoms with Crippen molar-refractivity contribution in [2.24, 2.45) is 0 Å². The van der Waals surface area contributed by atoms with Crippen molar-refractivity contribution < 1.29 is 14.4 Å². The predicted molar refractivity (Wildman–Crippen MR) is 59.4 cm³/mol. The lowest BCUT2D eigenvalue weighted by Crippen LogP contribution is -2.07. The fraction of sp³-hybridized carbons (Fsp3) is 0.100. The van der Waals surface area contributed by atoms with Crippen molar-refractivity contribution in [3.63, 3.8) is 0 Å². The van der Waals surface area contributed by atoms with Gasteiger partial charge in [-0.15, -0.1) is 0 Å². The van der Waals surface area contributed by atoms with Gasteiger partial charge in [0, 0.05) is 11.4 Å². The number of nitrogens with two attached hydrogens (primary N) is 1. The van der Waals surface area contributed by atoms with Crippen LogP contribution in [0.1, 0.15) is 16.2 Å². The molecule has 7 heteroatoms.